The van der Waals surface area contributed by atoms with E-state index in [0.717, 1.165) is 17.4 Å². The molecule has 0 radical (unpaired) electrons. The number of hydrogen-bond acceptors (Lipinski definition) is 6. The minimum atomic E-state index is -1.49. The van der Waals surface area contributed by atoms with Gasteiger partial charge in [-0.2, -0.15) is 0 Å². The van der Waals surface area contributed by atoms with E-state index in [1.807, 2.05) is 6.07 Å². The van der Waals surface area contributed by atoms with E-state index in [0.29, 0.717) is 50.1 Å². The van der Waals surface area contributed by atoms with Gasteiger partial charge in [-0.1, -0.05) is 93.0 Å². The quantitative estimate of drug-likeness (QED) is 0.238. The Morgan fingerprint density at radius 1 is 0.610 bits per heavy atom. The summed E-state index contributed by atoms with van der Waals surface area (Å²) in [4.78, 5) is 0. The van der Waals surface area contributed by atoms with E-state index < -0.39 is 17.2 Å². The molecule has 2 heterocycles. The predicted molar refractivity (Wildman–Crippen MR) is 169 cm³/mol. The first-order valence-electron chi connectivity index (χ1n) is 15.2. The fraction of sp³-hybridized carbons (Fsp3) is 0.636. The third kappa shape index (κ3) is 8.65. The van der Waals surface area contributed by atoms with Gasteiger partial charge in [0.25, 0.3) is 0 Å². The zero-order chi connectivity index (χ0) is 29.7. The first kappa shape index (κ1) is 32.6. The number of benzene rings is 2. The molecule has 1 spiro atoms. The smallest absolute Gasteiger partial charge is 0.397 e. The SMILES string of the molecule is CC(C)CCC(C)c1ccc(OP2OCC3(COP(Oc4ccc(C(C)C)cc4C(C)C)OC3)CO2)c(C(C)C)c1. The molecule has 6 nitrogen and oxygen atoms in total. The zero-order valence-electron chi connectivity index (χ0n) is 26.4. The summed E-state index contributed by atoms with van der Waals surface area (Å²) >= 11 is 0. The van der Waals surface area contributed by atoms with Gasteiger partial charge in [0, 0.05) is 0 Å². The van der Waals surface area contributed by atoms with Gasteiger partial charge in [0.1, 0.15) is 11.5 Å². The minimum Gasteiger partial charge on any atom is -0.426 e. The summed E-state index contributed by atoms with van der Waals surface area (Å²) in [6.07, 6.45) is 2.42. The Morgan fingerprint density at radius 2 is 1.05 bits per heavy atom. The van der Waals surface area contributed by atoms with Crippen LogP contribution in [0, 0.1) is 11.3 Å². The highest BCUT2D eigenvalue weighted by molar-refractivity contribution is 7.42. The van der Waals surface area contributed by atoms with Gasteiger partial charge >= 0.3 is 17.2 Å². The molecule has 2 aliphatic heterocycles. The molecule has 41 heavy (non-hydrogen) atoms. The van der Waals surface area contributed by atoms with E-state index in [1.54, 1.807) is 0 Å². The summed E-state index contributed by atoms with van der Waals surface area (Å²) < 4.78 is 36.9. The monoisotopic (exact) mass is 604 g/mol. The van der Waals surface area contributed by atoms with Crippen molar-refractivity contribution in [3.8, 4) is 11.5 Å². The highest BCUT2D eigenvalue weighted by Gasteiger charge is 2.45. The van der Waals surface area contributed by atoms with Crippen molar-refractivity contribution in [1.29, 1.82) is 0 Å². The van der Waals surface area contributed by atoms with Crippen molar-refractivity contribution in [2.75, 3.05) is 26.4 Å². The van der Waals surface area contributed by atoms with E-state index in [1.165, 1.54) is 35.1 Å². The lowest BCUT2D eigenvalue weighted by molar-refractivity contribution is -0.0673. The third-order valence-electron chi connectivity index (χ3n) is 7.97. The van der Waals surface area contributed by atoms with Crippen LogP contribution in [-0.2, 0) is 18.1 Å². The van der Waals surface area contributed by atoms with Crippen LogP contribution < -0.4 is 9.05 Å². The lowest BCUT2D eigenvalue weighted by atomic mass is 9.90. The second-order valence-electron chi connectivity index (χ2n) is 13.2. The van der Waals surface area contributed by atoms with Crippen LogP contribution in [0.2, 0.25) is 0 Å². The second-order valence-corrected chi connectivity index (χ2v) is 15.4. The van der Waals surface area contributed by atoms with E-state index >= 15 is 0 Å². The molecule has 0 N–H and O–H groups in total. The van der Waals surface area contributed by atoms with Crippen molar-refractivity contribution in [3.05, 3.63) is 58.7 Å². The molecule has 2 saturated heterocycles. The average Bonchev–Trinajstić information content (AvgIpc) is 2.94. The molecule has 0 bridgehead atoms. The molecule has 0 aromatic heterocycles. The van der Waals surface area contributed by atoms with E-state index in [9.17, 15) is 0 Å². The van der Waals surface area contributed by atoms with E-state index in [2.05, 4.69) is 92.6 Å². The van der Waals surface area contributed by atoms with Crippen molar-refractivity contribution in [3.63, 3.8) is 0 Å². The fourth-order valence-corrected chi connectivity index (χ4v) is 7.50. The van der Waals surface area contributed by atoms with E-state index in [4.69, 9.17) is 27.1 Å². The molecular weight excluding hydrogens is 554 g/mol. The summed E-state index contributed by atoms with van der Waals surface area (Å²) in [5.41, 5.74) is 4.69. The van der Waals surface area contributed by atoms with Crippen molar-refractivity contribution in [1.82, 2.24) is 0 Å². The van der Waals surface area contributed by atoms with Crippen molar-refractivity contribution < 1.29 is 27.1 Å². The summed E-state index contributed by atoms with van der Waals surface area (Å²) in [6.45, 7) is 21.9. The molecule has 2 fully saturated rings. The Morgan fingerprint density at radius 3 is 1.46 bits per heavy atom. The molecule has 1 unspecified atom stereocenters. The lowest BCUT2D eigenvalue weighted by Crippen LogP contribution is -2.45. The van der Waals surface area contributed by atoms with Gasteiger partial charge in [-0.05, 0) is 70.4 Å². The van der Waals surface area contributed by atoms with Crippen LogP contribution in [0.25, 0.3) is 0 Å². The first-order chi connectivity index (χ1) is 19.5. The molecule has 2 aliphatic rings. The second kappa shape index (κ2) is 14.5. The molecule has 2 aromatic rings. The average molecular weight is 605 g/mol. The van der Waals surface area contributed by atoms with Crippen molar-refractivity contribution >= 4 is 17.2 Å². The van der Waals surface area contributed by atoms with Gasteiger partial charge in [0.15, 0.2) is 0 Å². The standard InChI is InChI=1S/C33H50O6P2/c1-22(2)10-11-26(9)28-13-15-32(30(17-28)25(7)8)39-41-36-20-33(21-37-41)18-34-40(35-19-33)38-31-14-12-27(23(3)4)16-29(31)24(5)6/h12-17,22-26H,10-11,18-21H2,1-9H3. The highest BCUT2D eigenvalue weighted by Crippen LogP contribution is 2.54. The molecule has 1 atom stereocenters. The van der Waals surface area contributed by atoms with Crippen LogP contribution in [0.5, 0.6) is 11.5 Å². The Hall–Kier alpha value is -1.26. The maximum atomic E-state index is 6.29. The topological polar surface area (TPSA) is 55.4 Å². The molecule has 4 rings (SSSR count). The minimum absolute atomic E-state index is 0.338. The Balaban J connectivity index is 1.31. The largest absolute Gasteiger partial charge is 0.426 e. The fourth-order valence-electron chi connectivity index (χ4n) is 4.97. The van der Waals surface area contributed by atoms with Crippen LogP contribution in [-0.4, -0.2) is 26.4 Å². The normalized spacial score (nSPS) is 24.0. The predicted octanol–water partition coefficient (Wildman–Crippen LogP) is 10.6. The van der Waals surface area contributed by atoms with Gasteiger partial charge in [-0.3, -0.25) is 0 Å². The molecular formula is C33H50O6P2. The molecule has 0 saturated carbocycles. The molecule has 8 heteroatoms. The Bertz CT molecular complexity index is 1120. The molecule has 0 aliphatic carbocycles. The number of rotatable bonds is 11. The van der Waals surface area contributed by atoms with Crippen LogP contribution in [0.3, 0.4) is 0 Å². The molecule has 228 valence electrons. The maximum Gasteiger partial charge on any atom is 0.397 e. The lowest BCUT2D eigenvalue weighted by Gasteiger charge is -2.41. The van der Waals surface area contributed by atoms with Gasteiger partial charge in [0.2, 0.25) is 0 Å². The van der Waals surface area contributed by atoms with Gasteiger partial charge in [-0.25, -0.2) is 0 Å². The van der Waals surface area contributed by atoms with Gasteiger partial charge < -0.3 is 27.1 Å². The summed E-state index contributed by atoms with van der Waals surface area (Å²) in [5, 5.41) is 0. The highest BCUT2D eigenvalue weighted by atomic mass is 31.2. The van der Waals surface area contributed by atoms with Gasteiger partial charge in [-0.15, -0.1) is 0 Å². The first-order valence-corrected chi connectivity index (χ1v) is 17.4. The van der Waals surface area contributed by atoms with E-state index in [-0.39, 0.29) is 5.41 Å². The van der Waals surface area contributed by atoms with Crippen molar-refractivity contribution in [2.24, 2.45) is 11.3 Å². The van der Waals surface area contributed by atoms with Crippen LogP contribution in [0.4, 0.5) is 0 Å². The van der Waals surface area contributed by atoms with Gasteiger partial charge in [0.05, 0.1) is 31.8 Å². The maximum absolute atomic E-state index is 6.29. The van der Waals surface area contributed by atoms with Crippen LogP contribution in [0.1, 0.15) is 121 Å². The zero-order valence-corrected chi connectivity index (χ0v) is 28.2. The molecule has 0 amide bonds. The number of hydrogen-bond donors (Lipinski definition) is 0. The Labute approximate surface area is 250 Å². The third-order valence-corrected chi connectivity index (χ3v) is 10.0. The molecule has 2 aromatic carbocycles. The summed E-state index contributed by atoms with van der Waals surface area (Å²) in [5.74, 6) is 4.07. The Kier molecular flexibility index (Phi) is 11.5. The summed E-state index contributed by atoms with van der Waals surface area (Å²) in [6, 6.07) is 13.0. The van der Waals surface area contributed by atoms with Crippen LogP contribution >= 0.6 is 17.2 Å². The summed E-state index contributed by atoms with van der Waals surface area (Å²) in [7, 11) is -2.97. The van der Waals surface area contributed by atoms with Crippen LogP contribution in [0.15, 0.2) is 36.4 Å². The van der Waals surface area contributed by atoms with Crippen molar-refractivity contribution in [2.45, 2.75) is 98.8 Å².